The summed E-state index contributed by atoms with van der Waals surface area (Å²) in [7, 11) is -3.56. The van der Waals surface area contributed by atoms with Gasteiger partial charge >= 0.3 is 0 Å². The van der Waals surface area contributed by atoms with Gasteiger partial charge in [-0.15, -0.1) is 0 Å². The predicted octanol–water partition coefficient (Wildman–Crippen LogP) is 3.57. The summed E-state index contributed by atoms with van der Waals surface area (Å²) in [5.74, 6) is -0.180. The van der Waals surface area contributed by atoms with Crippen LogP contribution in [0.4, 0.5) is 0 Å². The van der Waals surface area contributed by atoms with Crippen molar-refractivity contribution in [2.75, 3.05) is 19.8 Å². The Kier molecular flexibility index (Phi) is 5.45. The lowest BCUT2D eigenvalue weighted by atomic mass is 9.99. The maximum atomic E-state index is 13.3. The van der Waals surface area contributed by atoms with Gasteiger partial charge in [-0.2, -0.15) is 0 Å². The predicted molar refractivity (Wildman–Crippen MR) is 104 cm³/mol. The second-order valence-electron chi connectivity index (χ2n) is 6.88. The van der Waals surface area contributed by atoms with Crippen molar-refractivity contribution in [1.82, 2.24) is 0 Å². The van der Waals surface area contributed by atoms with Crippen LogP contribution >= 0.6 is 11.6 Å². The fourth-order valence-corrected chi connectivity index (χ4v) is 6.33. The van der Waals surface area contributed by atoms with Gasteiger partial charge in [0.2, 0.25) is 0 Å². The van der Waals surface area contributed by atoms with Crippen molar-refractivity contribution in [1.29, 1.82) is 0 Å². The van der Waals surface area contributed by atoms with E-state index in [-0.39, 0.29) is 17.4 Å². The highest BCUT2D eigenvalue weighted by Crippen LogP contribution is 2.63. The number of benzene rings is 2. The molecule has 6 heteroatoms. The molecule has 0 radical (unpaired) electrons. The number of aryl methyl sites for hydroxylation is 1. The van der Waals surface area contributed by atoms with Crippen LogP contribution in [0.25, 0.3) is 0 Å². The first-order valence-corrected chi connectivity index (χ1v) is 10.6. The van der Waals surface area contributed by atoms with E-state index in [1.165, 1.54) is 0 Å². The second kappa shape index (κ2) is 7.31. The molecule has 2 N–H and O–H groups in total. The largest absolute Gasteiger partial charge is 0.381 e. The van der Waals surface area contributed by atoms with E-state index < -0.39 is 20.5 Å². The van der Waals surface area contributed by atoms with Crippen molar-refractivity contribution in [3.05, 3.63) is 64.7 Å². The molecule has 1 saturated carbocycles. The summed E-state index contributed by atoms with van der Waals surface area (Å²) in [6.07, 6.45) is 0. The molecule has 2 aromatic rings. The Hall–Kier alpha value is -1.40. The molecule has 2 aromatic carbocycles. The molecule has 0 unspecified atom stereocenters. The summed E-state index contributed by atoms with van der Waals surface area (Å²) in [6, 6.07) is 14.3. The minimum Gasteiger partial charge on any atom is -0.381 e. The Balaban J connectivity index is 2.03. The van der Waals surface area contributed by atoms with Crippen LogP contribution in [0.2, 0.25) is 5.02 Å². The van der Waals surface area contributed by atoms with Crippen molar-refractivity contribution in [3.8, 4) is 0 Å². The van der Waals surface area contributed by atoms with Crippen LogP contribution in [0, 0.1) is 12.3 Å². The Bertz CT molecular complexity index is 865. The molecule has 1 aliphatic rings. The number of ether oxygens (including phenoxy) is 1. The highest BCUT2D eigenvalue weighted by Gasteiger charge is 2.70. The van der Waals surface area contributed by atoms with Crippen molar-refractivity contribution < 1.29 is 13.2 Å². The molecule has 0 amide bonds. The molecule has 0 spiro atoms. The number of nitrogens with two attached hydrogens (primary N) is 1. The zero-order valence-corrected chi connectivity index (χ0v) is 16.6. The van der Waals surface area contributed by atoms with Crippen LogP contribution in [-0.2, 0) is 14.6 Å². The summed E-state index contributed by atoms with van der Waals surface area (Å²) in [6.45, 7) is 5.01. The molecule has 0 bridgehead atoms. The Morgan fingerprint density at radius 2 is 1.73 bits per heavy atom. The van der Waals surface area contributed by atoms with Gasteiger partial charge in [0.1, 0.15) is 0 Å². The summed E-state index contributed by atoms with van der Waals surface area (Å²) < 4.78 is 32.3. The van der Waals surface area contributed by atoms with E-state index in [4.69, 9.17) is 22.1 Å². The molecular weight excluding hydrogens is 370 g/mol. The maximum Gasteiger partial charge on any atom is 0.182 e. The smallest absolute Gasteiger partial charge is 0.182 e. The summed E-state index contributed by atoms with van der Waals surface area (Å²) in [5.41, 5.74) is 7.61. The molecular formula is C20H24ClNO3S. The van der Waals surface area contributed by atoms with E-state index >= 15 is 0 Å². The molecule has 0 saturated heterocycles. The summed E-state index contributed by atoms with van der Waals surface area (Å²) >= 11 is 5.91. The van der Waals surface area contributed by atoms with Gasteiger partial charge in [0.15, 0.2) is 9.84 Å². The average Bonchev–Trinajstić information content (AvgIpc) is 3.31. The topological polar surface area (TPSA) is 69.4 Å². The van der Waals surface area contributed by atoms with Crippen LogP contribution in [0.15, 0.2) is 53.4 Å². The lowest BCUT2D eigenvalue weighted by molar-refractivity contribution is 0.101. The van der Waals surface area contributed by atoms with E-state index in [0.717, 1.165) is 11.1 Å². The molecule has 3 atom stereocenters. The van der Waals surface area contributed by atoms with Gasteiger partial charge in [0.25, 0.3) is 0 Å². The minimum absolute atomic E-state index is 0.180. The fraction of sp³-hybridized carbons (Fsp3) is 0.400. The average molecular weight is 394 g/mol. The third-order valence-electron chi connectivity index (χ3n) is 5.25. The van der Waals surface area contributed by atoms with E-state index in [2.05, 4.69) is 0 Å². The third-order valence-corrected chi connectivity index (χ3v) is 7.84. The molecule has 4 nitrogen and oxygen atoms in total. The molecule has 26 heavy (non-hydrogen) atoms. The van der Waals surface area contributed by atoms with Gasteiger partial charge in [-0.1, -0.05) is 41.4 Å². The number of rotatable bonds is 7. The lowest BCUT2D eigenvalue weighted by Crippen LogP contribution is -2.29. The summed E-state index contributed by atoms with van der Waals surface area (Å²) in [4.78, 5) is 0.274. The van der Waals surface area contributed by atoms with Gasteiger partial charge in [0, 0.05) is 29.5 Å². The first-order chi connectivity index (χ1) is 12.4. The van der Waals surface area contributed by atoms with Gasteiger partial charge in [-0.05, 0) is 43.7 Å². The third kappa shape index (κ3) is 3.29. The zero-order valence-electron chi connectivity index (χ0n) is 15.0. The fourth-order valence-electron chi connectivity index (χ4n) is 3.76. The first kappa shape index (κ1) is 19.4. The molecule has 0 heterocycles. The van der Waals surface area contributed by atoms with Gasteiger partial charge in [0.05, 0.1) is 16.8 Å². The molecule has 0 aliphatic heterocycles. The highest BCUT2D eigenvalue weighted by molar-refractivity contribution is 7.92. The highest BCUT2D eigenvalue weighted by atomic mass is 35.5. The van der Waals surface area contributed by atoms with E-state index in [1.807, 2.05) is 38.1 Å². The van der Waals surface area contributed by atoms with Crippen LogP contribution in [0.5, 0.6) is 0 Å². The molecule has 1 aliphatic carbocycles. The zero-order chi connectivity index (χ0) is 18.9. The minimum atomic E-state index is -3.56. The van der Waals surface area contributed by atoms with Crippen molar-refractivity contribution >= 4 is 21.4 Å². The lowest BCUT2D eigenvalue weighted by Gasteiger charge is -2.16. The first-order valence-electron chi connectivity index (χ1n) is 8.70. The van der Waals surface area contributed by atoms with E-state index in [9.17, 15) is 8.42 Å². The molecule has 1 fully saturated rings. The number of hydrogen-bond acceptors (Lipinski definition) is 4. The standard InChI is InChI=1S/C20H24ClNO3S/c1-3-25-13-20(12-22)18(15-6-4-14(2)5-7-15)19(20)26(23,24)17-10-8-16(21)9-11-17/h4-11,18-19H,3,12-13,22H2,1-2H3/t18-,19+,20+/m0/s1. The molecule has 140 valence electrons. The quantitative estimate of drug-likeness (QED) is 0.780. The van der Waals surface area contributed by atoms with Gasteiger partial charge in [-0.25, -0.2) is 8.42 Å². The summed E-state index contributed by atoms with van der Waals surface area (Å²) in [5, 5.41) is -0.0929. The Labute approximate surface area is 160 Å². The van der Waals surface area contributed by atoms with Gasteiger partial charge < -0.3 is 10.5 Å². The second-order valence-corrected chi connectivity index (χ2v) is 9.39. The monoisotopic (exact) mass is 393 g/mol. The van der Waals surface area contributed by atoms with Crippen molar-refractivity contribution in [3.63, 3.8) is 0 Å². The number of hydrogen-bond donors (Lipinski definition) is 1. The van der Waals surface area contributed by atoms with Crippen LogP contribution < -0.4 is 5.73 Å². The van der Waals surface area contributed by atoms with E-state index in [0.29, 0.717) is 18.2 Å². The van der Waals surface area contributed by atoms with Crippen molar-refractivity contribution in [2.45, 2.75) is 29.9 Å². The number of sulfone groups is 1. The molecule has 0 aromatic heterocycles. The van der Waals surface area contributed by atoms with Crippen LogP contribution in [0.3, 0.4) is 0 Å². The van der Waals surface area contributed by atoms with Gasteiger partial charge in [-0.3, -0.25) is 0 Å². The van der Waals surface area contributed by atoms with Crippen LogP contribution in [-0.4, -0.2) is 33.4 Å². The Morgan fingerprint density at radius 1 is 1.12 bits per heavy atom. The Morgan fingerprint density at radius 3 is 2.27 bits per heavy atom. The normalized spacial score (nSPS) is 25.2. The molecule has 3 rings (SSSR count). The number of halogens is 1. The van der Waals surface area contributed by atoms with Crippen LogP contribution in [0.1, 0.15) is 24.0 Å². The SMILES string of the molecule is CCOC[C@@]1(CN)[C@H](S(=O)(=O)c2ccc(Cl)cc2)[C@@H]1c1ccc(C)cc1. The van der Waals surface area contributed by atoms with E-state index in [1.54, 1.807) is 24.3 Å². The maximum absolute atomic E-state index is 13.3. The van der Waals surface area contributed by atoms with Crippen molar-refractivity contribution in [2.24, 2.45) is 11.1 Å².